The van der Waals surface area contributed by atoms with Gasteiger partial charge in [-0.15, -0.1) is 0 Å². The Morgan fingerprint density at radius 1 is 0.875 bits per heavy atom. The molecule has 1 unspecified atom stereocenters. The number of carbonyl (C=O) groups is 1. The molecule has 4 nitrogen and oxygen atoms in total. The van der Waals surface area contributed by atoms with Crippen molar-refractivity contribution >= 4 is 5.91 Å². The summed E-state index contributed by atoms with van der Waals surface area (Å²) in [6.07, 6.45) is 18.2. The molecular weight excluding hydrogens is 302 g/mol. The molecule has 0 radical (unpaired) electrons. The average molecular weight is 342 g/mol. The summed E-state index contributed by atoms with van der Waals surface area (Å²) in [5.41, 5.74) is 0. The normalized spacial score (nSPS) is 12.6. The molecule has 1 atom stereocenters. The number of allylic oxidation sites excluding steroid dienone is 2. The predicted molar refractivity (Wildman–Crippen MR) is 101 cm³/mol. The average Bonchev–Trinajstić information content (AvgIpc) is 2.58. The van der Waals surface area contributed by atoms with Crippen molar-refractivity contribution in [2.24, 2.45) is 0 Å². The van der Waals surface area contributed by atoms with Gasteiger partial charge in [-0.3, -0.25) is 4.79 Å². The van der Waals surface area contributed by atoms with E-state index < -0.39 is 6.10 Å². The van der Waals surface area contributed by atoms with Crippen molar-refractivity contribution in [1.29, 1.82) is 0 Å². The number of unbranched alkanes of at least 4 members (excludes halogenated alkanes) is 10. The first-order valence-corrected chi connectivity index (χ1v) is 9.94. The number of hydrogen-bond acceptors (Lipinski definition) is 3. The summed E-state index contributed by atoms with van der Waals surface area (Å²) >= 11 is 0. The Hall–Kier alpha value is -0.870. The molecule has 0 aliphatic heterocycles. The molecule has 0 bridgehead atoms. The molecule has 4 heteroatoms. The SMILES string of the molecule is CCNC(=O)C(O)CCCCCC/C=C\CCCCCCCCO. The number of hydrogen-bond donors (Lipinski definition) is 3. The summed E-state index contributed by atoms with van der Waals surface area (Å²) in [4.78, 5) is 11.3. The van der Waals surface area contributed by atoms with E-state index in [1.165, 1.54) is 38.5 Å². The molecule has 24 heavy (non-hydrogen) atoms. The van der Waals surface area contributed by atoms with E-state index >= 15 is 0 Å². The Bertz CT molecular complexity index is 305. The van der Waals surface area contributed by atoms with Crippen LogP contribution in [0.25, 0.3) is 0 Å². The maximum atomic E-state index is 11.3. The fourth-order valence-corrected chi connectivity index (χ4v) is 2.69. The first-order chi connectivity index (χ1) is 11.7. The second-order valence-corrected chi connectivity index (χ2v) is 6.51. The van der Waals surface area contributed by atoms with Crippen molar-refractivity contribution < 1.29 is 15.0 Å². The number of nitrogens with one attached hydrogen (secondary N) is 1. The molecule has 1 amide bonds. The van der Waals surface area contributed by atoms with E-state index in [9.17, 15) is 9.90 Å². The van der Waals surface area contributed by atoms with Crippen molar-refractivity contribution in [2.75, 3.05) is 13.2 Å². The van der Waals surface area contributed by atoms with E-state index in [1.807, 2.05) is 6.92 Å². The Labute approximate surface area is 148 Å². The molecular formula is C20H39NO3. The van der Waals surface area contributed by atoms with E-state index in [0.717, 1.165) is 38.5 Å². The summed E-state index contributed by atoms with van der Waals surface area (Å²) in [6, 6.07) is 0. The third-order valence-corrected chi connectivity index (χ3v) is 4.20. The van der Waals surface area contributed by atoms with Crippen molar-refractivity contribution in [3.63, 3.8) is 0 Å². The lowest BCUT2D eigenvalue weighted by molar-refractivity contribution is -0.129. The van der Waals surface area contributed by atoms with Gasteiger partial charge in [0.15, 0.2) is 0 Å². The van der Waals surface area contributed by atoms with E-state index in [4.69, 9.17) is 5.11 Å². The summed E-state index contributed by atoms with van der Waals surface area (Å²) in [6.45, 7) is 2.76. The van der Waals surface area contributed by atoms with Gasteiger partial charge in [0, 0.05) is 13.2 Å². The number of aliphatic hydroxyl groups excluding tert-OH is 2. The molecule has 0 aromatic heterocycles. The van der Waals surface area contributed by atoms with Gasteiger partial charge in [-0.25, -0.2) is 0 Å². The standard InChI is InChI=1S/C20H39NO3/c1-2-21-20(24)19(23)17-15-13-11-9-7-5-3-4-6-8-10-12-14-16-18-22/h3,5,19,22-23H,2,4,6-18H2,1H3,(H,21,24)/b5-3-. The van der Waals surface area contributed by atoms with Crippen LogP contribution in [0.1, 0.15) is 90.4 Å². The van der Waals surface area contributed by atoms with E-state index in [2.05, 4.69) is 17.5 Å². The zero-order valence-corrected chi connectivity index (χ0v) is 15.6. The van der Waals surface area contributed by atoms with Crippen LogP contribution >= 0.6 is 0 Å². The third-order valence-electron chi connectivity index (χ3n) is 4.20. The molecule has 0 aliphatic carbocycles. The molecule has 0 spiro atoms. The van der Waals surface area contributed by atoms with Gasteiger partial charge >= 0.3 is 0 Å². The highest BCUT2D eigenvalue weighted by Gasteiger charge is 2.12. The van der Waals surface area contributed by atoms with Crippen molar-refractivity contribution in [2.45, 2.75) is 96.5 Å². The number of carbonyl (C=O) groups excluding carboxylic acids is 1. The zero-order chi connectivity index (χ0) is 17.9. The van der Waals surface area contributed by atoms with Crippen LogP contribution in [-0.4, -0.2) is 35.4 Å². The summed E-state index contributed by atoms with van der Waals surface area (Å²) in [5.74, 6) is -0.242. The lowest BCUT2D eigenvalue weighted by Gasteiger charge is -2.09. The van der Waals surface area contributed by atoms with Crippen LogP contribution in [0, 0.1) is 0 Å². The van der Waals surface area contributed by atoms with Gasteiger partial charge in [-0.05, 0) is 45.4 Å². The molecule has 0 aromatic rings. The Morgan fingerprint density at radius 2 is 1.38 bits per heavy atom. The van der Waals surface area contributed by atoms with E-state index in [1.54, 1.807) is 0 Å². The van der Waals surface area contributed by atoms with Crippen molar-refractivity contribution in [3.8, 4) is 0 Å². The van der Waals surface area contributed by atoms with Gasteiger partial charge in [0.2, 0.25) is 5.91 Å². The van der Waals surface area contributed by atoms with Gasteiger partial charge in [0.25, 0.3) is 0 Å². The van der Waals surface area contributed by atoms with Gasteiger partial charge in [-0.2, -0.15) is 0 Å². The lowest BCUT2D eigenvalue weighted by atomic mass is 10.1. The van der Waals surface area contributed by atoms with Crippen LogP contribution < -0.4 is 5.32 Å². The fourth-order valence-electron chi connectivity index (χ4n) is 2.69. The molecule has 0 fully saturated rings. The topological polar surface area (TPSA) is 69.6 Å². The number of likely N-dealkylation sites (N-methyl/N-ethyl adjacent to an activating group) is 1. The Kier molecular flexibility index (Phi) is 17.8. The quantitative estimate of drug-likeness (QED) is 0.275. The third kappa shape index (κ3) is 16.0. The maximum Gasteiger partial charge on any atom is 0.248 e. The minimum Gasteiger partial charge on any atom is -0.396 e. The zero-order valence-electron chi connectivity index (χ0n) is 15.6. The lowest BCUT2D eigenvalue weighted by Crippen LogP contribution is -2.34. The fraction of sp³-hybridized carbons (Fsp3) is 0.850. The first-order valence-electron chi connectivity index (χ1n) is 9.94. The molecule has 0 saturated heterocycles. The molecule has 0 aromatic carbocycles. The minimum atomic E-state index is -0.839. The molecule has 0 rings (SSSR count). The minimum absolute atomic E-state index is 0.242. The predicted octanol–water partition coefficient (Wildman–Crippen LogP) is 4.10. The van der Waals surface area contributed by atoms with Gasteiger partial charge in [0.1, 0.15) is 6.10 Å². The Balaban J connectivity index is 3.25. The van der Waals surface area contributed by atoms with Gasteiger partial charge < -0.3 is 15.5 Å². The van der Waals surface area contributed by atoms with Crippen molar-refractivity contribution in [3.05, 3.63) is 12.2 Å². The monoisotopic (exact) mass is 341 g/mol. The number of rotatable bonds is 17. The van der Waals surface area contributed by atoms with Crippen LogP contribution in [0.4, 0.5) is 0 Å². The van der Waals surface area contributed by atoms with Crippen LogP contribution in [0.15, 0.2) is 12.2 Å². The molecule has 0 heterocycles. The first kappa shape index (κ1) is 23.1. The highest BCUT2D eigenvalue weighted by atomic mass is 16.3. The smallest absolute Gasteiger partial charge is 0.248 e. The second kappa shape index (κ2) is 18.5. The molecule has 3 N–H and O–H groups in total. The van der Waals surface area contributed by atoms with Crippen molar-refractivity contribution in [1.82, 2.24) is 5.32 Å². The number of amides is 1. The van der Waals surface area contributed by atoms with Crippen LogP contribution in [0.3, 0.4) is 0 Å². The highest BCUT2D eigenvalue weighted by molar-refractivity contribution is 5.80. The van der Waals surface area contributed by atoms with E-state index in [-0.39, 0.29) is 5.91 Å². The molecule has 0 saturated carbocycles. The highest BCUT2D eigenvalue weighted by Crippen LogP contribution is 2.10. The summed E-state index contributed by atoms with van der Waals surface area (Å²) < 4.78 is 0. The molecule has 0 aliphatic rings. The summed E-state index contributed by atoms with van der Waals surface area (Å²) in [5, 5.41) is 20.9. The van der Waals surface area contributed by atoms with Crippen LogP contribution in [0.5, 0.6) is 0 Å². The second-order valence-electron chi connectivity index (χ2n) is 6.51. The largest absolute Gasteiger partial charge is 0.396 e. The van der Waals surface area contributed by atoms with Crippen LogP contribution in [0.2, 0.25) is 0 Å². The van der Waals surface area contributed by atoms with Gasteiger partial charge in [-0.1, -0.05) is 57.1 Å². The van der Waals surface area contributed by atoms with Gasteiger partial charge in [0.05, 0.1) is 0 Å². The number of aliphatic hydroxyl groups is 2. The summed E-state index contributed by atoms with van der Waals surface area (Å²) in [7, 11) is 0. The Morgan fingerprint density at radius 3 is 1.92 bits per heavy atom. The molecule has 142 valence electrons. The maximum absolute atomic E-state index is 11.3. The van der Waals surface area contributed by atoms with E-state index in [0.29, 0.717) is 19.6 Å². The van der Waals surface area contributed by atoms with Crippen LogP contribution in [-0.2, 0) is 4.79 Å².